The van der Waals surface area contributed by atoms with Crippen molar-refractivity contribution in [2.75, 3.05) is 30.5 Å². The number of amides is 2. The Bertz CT molecular complexity index is 1250. The Morgan fingerprint density at radius 3 is 2.76 bits per heavy atom. The van der Waals surface area contributed by atoms with Gasteiger partial charge in [0.1, 0.15) is 11.8 Å². The molecule has 8 nitrogen and oxygen atoms in total. The number of urea groups is 1. The number of nitrogens with one attached hydrogen (secondary N) is 3. The molecule has 2 amide bonds. The average Bonchev–Trinajstić information content (AvgIpc) is 2.82. The van der Waals surface area contributed by atoms with Crippen molar-refractivity contribution in [3.63, 3.8) is 0 Å². The number of fused-ring (bicyclic) bond motifs is 1. The standard InChI is InChI=1S/C25H26BrN5O3/c1-3-34-23-12-21-19(11-22(23)31-25(32)29-18-6-8-33-9-7-18)24(16(13-27)14-28-21)30-20-5-4-17(26)10-15(20)2/h4-5,10-12,14,18H,3,6-9H2,1-2H3,(H,28,30)(H2,29,31,32). The number of benzene rings is 2. The highest BCUT2D eigenvalue weighted by Crippen LogP contribution is 2.36. The monoisotopic (exact) mass is 523 g/mol. The Balaban J connectivity index is 1.72. The highest BCUT2D eigenvalue weighted by Gasteiger charge is 2.19. The molecule has 3 N–H and O–H groups in total. The van der Waals surface area contributed by atoms with Crippen LogP contribution in [0.4, 0.5) is 21.9 Å². The minimum absolute atomic E-state index is 0.0641. The number of pyridine rings is 1. The average molecular weight is 524 g/mol. The van der Waals surface area contributed by atoms with Gasteiger partial charge in [-0.15, -0.1) is 0 Å². The van der Waals surface area contributed by atoms with Gasteiger partial charge in [0, 0.05) is 47.1 Å². The number of halogens is 1. The van der Waals surface area contributed by atoms with E-state index in [1.807, 2.05) is 32.0 Å². The van der Waals surface area contributed by atoms with E-state index in [1.54, 1.807) is 18.3 Å². The summed E-state index contributed by atoms with van der Waals surface area (Å²) in [5.41, 5.74) is 4.06. The van der Waals surface area contributed by atoms with E-state index in [9.17, 15) is 10.1 Å². The lowest BCUT2D eigenvalue weighted by molar-refractivity contribution is 0.0806. The number of ether oxygens (including phenoxy) is 2. The van der Waals surface area contributed by atoms with Crippen LogP contribution in [0.25, 0.3) is 10.9 Å². The van der Waals surface area contributed by atoms with Gasteiger partial charge >= 0.3 is 6.03 Å². The molecule has 1 aliphatic rings. The maximum Gasteiger partial charge on any atom is 0.319 e. The molecule has 1 aromatic heterocycles. The Morgan fingerprint density at radius 2 is 2.06 bits per heavy atom. The summed E-state index contributed by atoms with van der Waals surface area (Å²) in [6.45, 7) is 5.58. The molecule has 176 valence electrons. The van der Waals surface area contributed by atoms with Crippen molar-refractivity contribution < 1.29 is 14.3 Å². The van der Waals surface area contributed by atoms with Gasteiger partial charge in [0.05, 0.1) is 29.1 Å². The van der Waals surface area contributed by atoms with Gasteiger partial charge in [0.2, 0.25) is 0 Å². The highest BCUT2D eigenvalue weighted by atomic mass is 79.9. The number of hydrogen-bond acceptors (Lipinski definition) is 6. The Hall–Kier alpha value is -3.35. The van der Waals surface area contributed by atoms with Gasteiger partial charge in [-0.3, -0.25) is 4.98 Å². The van der Waals surface area contributed by atoms with Gasteiger partial charge < -0.3 is 25.4 Å². The molecule has 0 aliphatic carbocycles. The molecule has 4 rings (SSSR count). The van der Waals surface area contributed by atoms with Crippen molar-refractivity contribution in [2.45, 2.75) is 32.7 Å². The number of aryl methyl sites for hydroxylation is 1. The van der Waals surface area contributed by atoms with Crippen LogP contribution < -0.4 is 20.7 Å². The summed E-state index contributed by atoms with van der Waals surface area (Å²) < 4.78 is 12.1. The van der Waals surface area contributed by atoms with Crippen LogP contribution in [0, 0.1) is 18.3 Å². The molecule has 2 heterocycles. The quantitative estimate of drug-likeness (QED) is 0.386. The smallest absolute Gasteiger partial charge is 0.319 e. The van der Waals surface area contributed by atoms with E-state index in [1.165, 1.54) is 0 Å². The Labute approximate surface area is 206 Å². The Kier molecular flexibility index (Phi) is 7.50. The SMILES string of the molecule is CCOc1cc2ncc(C#N)c(Nc3ccc(Br)cc3C)c2cc1NC(=O)NC1CCOCC1. The van der Waals surface area contributed by atoms with Gasteiger partial charge in [-0.25, -0.2) is 4.79 Å². The lowest BCUT2D eigenvalue weighted by Gasteiger charge is -2.23. The zero-order chi connectivity index (χ0) is 24.1. The maximum absolute atomic E-state index is 12.7. The molecule has 2 aromatic carbocycles. The van der Waals surface area contributed by atoms with Crippen molar-refractivity contribution in [3.05, 3.63) is 52.1 Å². The molecule has 0 atom stereocenters. The van der Waals surface area contributed by atoms with Crippen LogP contribution in [0.1, 0.15) is 30.9 Å². The second kappa shape index (κ2) is 10.7. The maximum atomic E-state index is 12.7. The molecular weight excluding hydrogens is 498 g/mol. The predicted octanol–water partition coefficient (Wildman–Crippen LogP) is 5.62. The lowest BCUT2D eigenvalue weighted by Crippen LogP contribution is -2.41. The van der Waals surface area contributed by atoms with E-state index in [4.69, 9.17) is 9.47 Å². The topological polar surface area (TPSA) is 108 Å². The molecular formula is C25H26BrN5O3. The third-order valence-electron chi connectivity index (χ3n) is 5.64. The van der Waals surface area contributed by atoms with Crippen molar-refractivity contribution in [1.29, 1.82) is 5.26 Å². The van der Waals surface area contributed by atoms with Crippen molar-refractivity contribution in [1.82, 2.24) is 10.3 Å². The minimum Gasteiger partial charge on any atom is -0.492 e. The minimum atomic E-state index is -0.310. The fraction of sp³-hybridized carbons (Fsp3) is 0.320. The van der Waals surface area contributed by atoms with E-state index in [2.05, 4.69) is 42.9 Å². The van der Waals surface area contributed by atoms with Gasteiger partial charge in [0.25, 0.3) is 0 Å². The fourth-order valence-electron chi connectivity index (χ4n) is 3.90. The molecule has 3 aromatic rings. The molecule has 1 fully saturated rings. The van der Waals surface area contributed by atoms with Gasteiger partial charge in [-0.1, -0.05) is 15.9 Å². The summed E-state index contributed by atoms with van der Waals surface area (Å²) in [5, 5.41) is 19.8. The van der Waals surface area contributed by atoms with Gasteiger partial charge in [-0.2, -0.15) is 5.26 Å². The summed E-state index contributed by atoms with van der Waals surface area (Å²) in [6, 6.07) is 11.4. The molecule has 0 saturated carbocycles. The second-order valence-corrected chi connectivity index (χ2v) is 8.94. The normalized spacial score (nSPS) is 13.8. The first kappa shape index (κ1) is 23.8. The predicted molar refractivity (Wildman–Crippen MR) is 136 cm³/mol. The molecule has 1 aliphatic heterocycles. The summed E-state index contributed by atoms with van der Waals surface area (Å²) in [4.78, 5) is 17.2. The van der Waals surface area contributed by atoms with Crippen LogP contribution in [0.5, 0.6) is 5.75 Å². The lowest BCUT2D eigenvalue weighted by atomic mass is 10.1. The molecule has 0 bridgehead atoms. The zero-order valence-corrected chi connectivity index (χ0v) is 20.7. The largest absolute Gasteiger partial charge is 0.492 e. The van der Waals surface area contributed by atoms with Crippen molar-refractivity contribution >= 4 is 49.9 Å². The van der Waals surface area contributed by atoms with E-state index in [-0.39, 0.29) is 12.1 Å². The number of rotatable bonds is 6. The number of anilines is 3. The number of nitriles is 1. The van der Waals surface area contributed by atoms with Gasteiger partial charge in [0.15, 0.2) is 0 Å². The number of hydrogen-bond donors (Lipinski definition) is 3. The summed E-state index contributed by atoms with van der Waals surface area (Å²) in [5.74, 6) is 0.514. The summed E-state index contributed by atoms with van der Waals surface area (Å²) in [6.07, 6.45) is 3.10. The zero-order valence-electron chi connectivity index (χ0n) is 19.1. The molecule has 0 radical (unpaired) electrons. The van der Waals surface area contributed by atoms with Crippen LogP contribution in [0.15, 0.2) is 41.0 Å². The second-order valence-electron chi connectivity index (χ2n) is 8.03. The summed E-state index contributed by atoms with van der Waals surface area (Å²) >= 11 is 3.48. The van der Waals surface area contributed by atoms with E-state index in [0.717, 1.165) is 28.6 Å². The van der Waals surface area contributed by atoms with Crippen molar-refractivity contribution in [3.8, 4) is 11.8 Å². The van der Waals surface area contributed by atoms with Crippen molar-refractivity contribution in [2.24, 2.45) is 0 Å². The van der Waals surface area contributed by atoms with Crippen LogP contribution in [-0.4, -0.2) is 36.9 Å². The summed E-state index contributed by atoms with van der Waals surface area (Å²) in [7, 11) is 0. The third kappa shape index (κ3) is 5.41. The first-order valence-electron chi connectivity index (χ1n) is 11.2. The molecule has 0 unspecified atom stereocenters. The molecule has 34 heavy (non-hydrogen) atoms. The molecule has 9 heteroatoms. The number of carbonyl (C=O) groups is 1. The fourth-order valence-corrected chi connectivity index (χ4v) is 4.38. The van der Waals surface area contributed by atoms with Crippen LogP contribution in [0.3, 0.4) is 0 Å². The number of aromatic nitrogens is 1. The number of nitrogens with zero attached hydrogens (tertiary/aromatic N) is 2. The number of carbonyl (C=O) groups excluding carboxylic acids is 1. The van der Waals surface area contributed by atoms with E-state index < -0.39 is 0 Å². The van der Waals surface area contributed by atoms with Crippen LogP contribution >= 0.6 is 15.9 Å². The first-order chi connectivity index (χ1) is 16.5. The van der Waals surface area contributed by atoms with Crippen LogP contribution in [0.2, 0.25) is 0 Å². The van der Waals surface area contributed by atoms with E-state index >= 15 is 0 Å². The molecule has 0 spiro atoms. The molecule has 1 saturated heterocycles. The van der Waals surface area contributed by atoms with Gasteiger partial charge in [-0.05, 0) is 56.5 Å². The Morgan fingerprint density at radius 1 is 1.26 bits per heavy atom. The first-order valence-corrected chi connectivity index (χ1v) is 12.0. The highest BCUT2D eigenvalue weighted by molar-refractivity contribution is 9.10. The van der Waals surface area contributed by atoms with E-state index in [0.29, 0.717) is 53.4 Å². The van der Waals surface area contributed by atoms with Crippen LogP contribution in [-0.2, 0) is 4.74 Å². The third-order valence-corrected chi connectivity index (χ3v) is 6.14.